The average Bonchev–Trinajstić information content (AvgIpc) is 3.25. The lowest BCUT2D eigenvalue weighted by atomic mass is 10.2. The number of aliphatic hydroxyl groups is 1. The number of benzene rings is 1. The van der Waals surface area contributed by atoms with E-state index in [2.05, 4.69) is 30.5 Å². The quantitative estimate of drug-likeness (QED) is 0.500. The maximum absolute atomic E-state index is 12.6. The normalized spacial score (nSPS) is 14.4. The van der Waals surface area contributed by atoms with E-state index in [9.17, 15) is 9.90 Å². The van der Waals surface area contributed by atoms with Crippen molar-refractivity contribution in [2.75, 3.05) is 48.4 Å². The first-order valence-electron chi connectivity index (χ1n) is 10.2. The second-order valence-corrected chi connectivity index (χ2v) is 8.86. The molecule has 3 aromatic rings. The Labute approximate surface area is 195 Å². The van der Waals surface area contributed by atoms with Gasteiger partial charge in [0.15, 0.2) is 5.13 Å². The van der Waals surface area contributed by atoms with Crippen molar-refractivity contribution in [1.29, 1.82) is 0 Å². The highest BCUT2D eigenvalue weighted by Gasteiger charge is 2.19. The zero-order valence-electron chi connectivity index (χ0n) is 17.8. The third-order valence-electron chi connectivity index (χ3n) is 5.20. The van der Waals surface area contributed by atoms with Crippen molar-refractivity contribution in [2.24, 2.45) is 0 Å². The van der Waals surface area contributed by atoms with Crippen LogP contribution in [-0.2, 0) is 0 Å². The zero-order valence-corrected chi connectivity index (χ0v) is 19.4. The fraction of sp³-hybridized carbons (Fsp3) is 0.333. The highest BCUT2D eigenvalue weighted by atomic mass is 35.5. The number of halogens is 1. The Bertz CT molecular complexity index is 1120. The molecule has 168 valence electrons. The number of piperazine rings is 1. The van der Waals surface area contributed by atoms with E-state index in [-0.39, 0.29) is 12.6 Å². The number of thiazole rings is 1. The maximum Gasteiger partial charge on any atom is 0.267 e. The molecule has 9 nitrogen and oxygen atoms in total. The molecule has 1 amide bonds. The summed E-state index contributed by atoms with van der Waals surface area (Å²) in [6, 6.07) is 7.26. The van der Waals surface area contributed by atoms with E-state index in [1.165, 1.54) is 17.5 Å². The predicted octanol–water partition coefficient (Wildman–Crippen LogP) is 3.27. The summed E-state index contributed by atoms with van der Waals surface area (Å²) in [5, 5.41) is 16.5. The number of carbonyl (C=O) groups excluding carboxylic acids is 1. The van der Waals surface area contributed by atoms with Gasteiger partial charge in [-0.15, -0.1) is 0 Å². The summed E-state index contributed by atoms with van der Waals surface area (Å²) < 4.78 is 0. The Morgan fingerprint density at radius 1 is 1.22 bits per heavy atom. The molecule has 3 N–H and O–H groups in total. The van der Waals surface area contributed by atoms with Crippen LogP contribution in [0.3, 0.4) is 0 Å². The molecule has 0 aliphatic carbocycles. The molecule has 0 unspecified atom stereocenters. The molecule has 4 rings (SSSR count). The van der Waals surface area contributed by atoms with Gasteiger partial charge in [-0.05, 0) is 31.5 Å². The molecule has 0 bridgehead atoms. The number of nitrogens with zero attached hydrogens (tertiary/aromatic N) is 5. The molecule has 0 spiro atoms. The van der Waals surface area contributed by atoms with Crippen LogP contribution in [0, 0.1) is 13.8 Å². The van der Waals surface area contributed by atoms with Gasteiger partial charge in [-0.1, -0.05) is 29.0 Å². The lowest BCUT2D eigenvalue weighted by Gasteiger charge is -2.34. The summed E-state index contributed by atoms with van der Waals surface area (Å²) in [5.74, 6) is 1.83. The number of hydrogen-bond acceptors (Lipinski definition) is 9. The molecule has 1 aliphatic rings. The van der Waals surface area contributed by atoms with Crippen molar-refractivity contribution in [1.82, 2.24) is 19.9 Å². The lowest BCUT2D eigenvalue weighted by Crippen LogP contribution is -2.47. The molecule has 1 saturated heterocycles. The Balaban J connectivity index is 1.44. The first kappa shape index (κ1) is 22.4. The topological polar surface area (TPSA) is 107 Å². The van der Waals surface area contributed by atoms with Crippen molar-refractivity contribution in [3.05, 3.63) is 51.7 Å². The molecule has 2 aromatic heterocycles. The Kier molecular flexibility index (Phi) is 6.85. The van der Waals surface area contributed by atoms with Crippen molar-refractivity contribution in [3.63, 3.8) is 0 Å². The number of hydrogen-bond donors (Lipinski definition) is 3. The number of amides is 1. The monoisotopic (exact) mass is 473 g/mol. The van der Waals surface area contributed by atoms with E-state index >= 15 is 0 Å². The minimum absolute atomic E-state index is 0.0697. The van der Waals surface area contributed by atoms with Gasteiger partial charge in [-0.3, -0.25) is 9.69 Å². The molecule has 11 heteroatoms. The number of nitrogens with one attached hydrogen (secondary N) is 2. The van der Waals surface area contributed by atoms with Crippen LogP contribution in [0.5, 0.6) is 0 Å². The van der Waals surface area contributed by atoms with E-state index in [0.717, 1.165) is 37.6 Å². The predicted molar refractivity (Wildman–Crippen MR) is 127 cm³/mol. The number of rotatable bonds is 6. The molecule has 0 atom stereocenters. The van der Waals surface area contributed by atoms with Crippen LogP contribution in [0.15, 0.2) is 30.5 Å². The molecule has 1 aromatic carbocycles. The molecule has 1 fully saturated rings. The molecule has 3 heterocycles. The van der Waals surface area contributed by atoms with Gasteiger partial charge in [-0.25, -0.2) is 15.0 Å². The SMILES string of the molecule is Cc1nc(Nc2ncc(C(=O)Nc3cccc(Cl)c3C)s2)cc(N2CCN(CO)CC2)n1. The Morgan fingerprint density at radius 2 is 2.00 bits per heavy atom. The van der Waals surface area contributed by atoms with Crippen LogP contribution in [0.1, 0.15) is 21.1 Å². The third kappa shape index (κ3) is 5.16. The number of anilines is 4. The molecular weight excluding hydrogens is 450 g/mol. The molecular formula is C21H24ClN7O2S. The number of aryl methyl sites for hydroxylation is 1. The molecule has 0 radical (unpaired) electrons. The minimum Gasteiger partial charge on any atom is -0.381 e. The Hall–Kier alpha value is -2.79. The highest BCUT2D eigenvalue weighted by molar-refractivity contribution is 7.17. The van der Waals surface area contributed by atoms with Gasteiger partial charge in [0.05, 0.1) is 12.9 Å². The number of aromatic nitrogens is 3. The summed E-state index contributed by atoms with van der Waals surface area (Å²) in [6.45, 7) is 6.88. The van der Waals surface area contributed by atoms with Crippen LogP contribution in [0.25, 0.3) is 0 Å². The fourth-order valence-electron chi connectivity index (χ4n) is 3.37. The van der Waals surface area contributed by atoms with E-state index in [4.69, 9.17) is 11.6 Å². The van der Waals surface area contributed by atoms with Gasteiger partial charge in [0.1, 0.15) is 22.3 Å². The smallest absolute Gasteiger partial charge is 0.267 e. The van der Waals surface area contributed by atoms with Crippen molar-refractivity contribution >= 4 is 51.3 Å². The largest absolute Gasteiger partial charge is 0.381 e. The van der Waals surface area contributed by atoms with Crippen LogP contribution in [0.2, 0.25) is 5.02 Å². The van der Waals surface area contributed by atoms with Crippen LogP contribution >= 0.6 is 22.9 Å². The van der Waals surface area contributed by atoms with Crippen LogP contribution in [0.4, 0.5) is 22.5 Å². The summed E-state index contributed by atoms with van der Waals surface area (Å²) in [4.78, 5) is 30.6. The van der Waals surface area contributed by atoms with E-state index in [0.29, 0.717) is 32.4 Å². The fourth-order valence-corrected chi connectivity index (χ4v) is 4.26. The lowest BCUT2D eigenvalue weighted by molar-refractivity contribution is 0.102. The average molecular weight is 474 g/mol. The first-order chi connectivity index (χ1) is 15.4. The van der Waals surface area contributed by atoms with Gasteiger partial charge in [0.25, 0.3) is 5.91 Å². The minimum atomic E-state index is -0.248. The van der Waals surface area contributed by atoms with Crippen LogP contribution < -0.4 is 15.5 Å². The van der Waals surface area contributed by atoms with Gasteiger partial charge < -0.3 is 20.6 Å². The maximum atomic E-state index is 12.6. The van der Waals surface area contributed by atoms with E-state index in [1.54, 1.807) is 12.1 Å². The van der Waals surface area contributed by atoms with Gasteiger partial charge >= 0.3 is 0 Å². The second-order valence-electron chi connectivity index (χ2n) is 7.43. The molecule has 32 heavy (non-hydrogen) atoms. The van der Waals surface area contributed by atoms with Crippen molar-refractivity contribution in [2.45, 2.75) is 13.8 Å². The molecule has 0 saturated carbocycles. The second kappa shape index (κ2) is 9.78. The van der Waals surface area contributed by atoms with E-state index < -0.39 is 0 Å². The Morgan fingerprint density at radius 3 is 2.75 bits per heavy atom. The number of carbonyl (C=O) groups is 1. The molecule has 1 aliphatic heterocycles. The van der Waals surface area contributed by atoms with Gasteiger partial charge in [-0.2, -0.15) is 0 Å². The third-order valence-corrected chi connectivity index (χ3v) is 6.52. The summed E-state index contributed by atoms with van der Waals surface area (Å²) in [7, 11) is 0. The summed E-state index contributed by atoms with van der Waals surface area (Å²) in [5.41, 5.74) is 1.48. The highest BCUT2D eigenvalue weighted by Crippen LogP contribution is 2.27. The number of aliphatic hydroxyl groups excluding tert-OH is 1. The summed E-state index contributed by atoms with van der Waals surface area (Å²) >= 11 is 7.37. The van der Waals surface area contributed by atoms with Crippen LogP contribution in [-0.4, -0.2) is 63.8 Å². The standard InChI is InChI=1S/C21H24ClN7O2S/c1-13-15(22)4-3-5-16(13)26-20(31)17-11-23-21(32-17)27-18-10-19(25-14(2)24-18)29-8-6-28(12-30)7-9-29/h3-5,10-11,30H,6-9,12H2,1-2H3,(H,26,31)(H,23,24,25,27). The first-order valence-corrected chi connectivity index (χ1v) is 11.4. The van der Waals surface area contributed by atoms with Gasteiger partial charge in [0, 0.05) is 43.0 Å². The van der Waals surface area contributed by atoms with Crippen molar-refractivity contribution in [3.8, 4) is 0 Å². The van der Waals surface area contributed by atoms with Gasteiger partial charge in [0.2, 0.25) is 0 Å². The van der Waals surface area contributed by atoms with E-state index in [1.807, 2.05) is 30.9 Å². The zero-order chi connectivity index (χ0) is 22.7. The summed E-state index contributed by atoms with van der Waals surface area (Å²) in [6.07, 6.45) is 1.53. The van der Waals surface area contributed by atoms with Crippen molar-refractivity contribution < 1.29 is 9.90 Å².